The molecule has 1 rings (SSSR count). The Labute approximate surface area is 158 Å². The summed E-state index contributed by atoms with van der Waals surface area (Å²) in [4.78, 5) is 26.6. The average Bonchev–Trinajstić information content (AvgIpc) is 2.57. The fraction of sp³-hybridized carbons (Fsp3) is 0.900. The summed E-state index contributed by atoms with van der Waals surface area (Å²) in [6.45, 7) is 14.0. The Balaban J connectivity index is 2.43. The van der Waals surface area contributed by atoms with Crippen molar-refractivity contribution < 1.29 is 23.8 Å². The van der Waals surface area contributed by atoms with Crippen molar-refractivity contribution in [1.82, 2.24) is 4.90 Å². The molecule has 0 aromatic carbocycles. The summed E-state index contributed by atoms with van der Waals surface area (Å²) in [6.07, 6.45) is 4.27. The van der Waals surface area contributed by atoms with Crippen LogP contribution in [0, 0.1) is 5.92 Å². The van der Waals surface area contributed by atoms with Crippen molar-refractivity contribution in [2.24, 2.45) is 5.92 Å². The Hall–Kier alpha value is -1.14. The number of hydrogen-bond donors (Lipinski definition) is 0. The molecule has 0 aromatic heterocycles. The topological polar surface area (TPSA) is 65.1 Å². The SMILES string of the molecule is CCCC[C@H](C)CC(C)(C)OC(=O)COC(=O)C(C)(C)N1CCOCC1. The van der Waals surface area contributed by atoms with E-state index in [1.165, 1.54) is 12.8 Å². The van der Waals surface area contributed by atoms with Crippen molar-refractivity contribution in [1.29, 1.82) is 0 Å². The smallest absolute Gasteiger partial charge is 0.344 e. The van der Waals surface area contributed by atoms with Gasteiger partial charge in [0.1, 0.15) is 11.1 Å². The summed E-state index contributed by atoms with van der Waals surface area (Å²) in [5.41, 5.74) is -1.34. The maximum atomic E-state index is 12.4. The zero-order chi connectivity index (χ0) is 19.8. The molecule has 0 unspecified atom stereocenters. The van der Waals surface area contributed by atoms with E-state index in [-0.39, 0.29) is 6.61 Å². The molecule has 0 saturated carbocycles. The fourth-order valence-electron chi connectivity index (χ4n) is 3.43. The van der Waals surface area contributed by atoms with E-state index in [4.69, 9.17) is 14.2 Å². The number of rotatable bonds is 10. The molecule has 0 bridgehead atoms. The van der Waals surface area contributed by atoms with Gasteiger partial charge >= 0.3 is 11.9 Å². The van der Waals surface area contributed by atoms with E-state index in [0.717, 1.165) is 12.8 Å². The monoisotopic (exact) mass is 371 g/mol. The van der Waals surface area contributed by atoms with Gasteiger partial charge in [0.25, 0.3) is 0 Å². The predicted molar refractivity (Wildman–Crippen MR) is 101 cm³/mol. The van der Waals surface area contributed by atoms with Crippen LogP contribution < -0.4 is 0 Å². The summed E-state index contributed by atoms with van der Waals surface area (Å²) < 4.78 is 16.1. The molecule has 6 heteroatoms. The van der Waals surface area contributed by atoms with Gasteiger partial charge in [0.05, 0.1) is 13.2 Å². The minimum absolute atomic E-state index is 0.348. The molecule has 26 heavy (non-hydrogen) atoms. The predicted octanol–water partition coefficient (Wildman–Crippen LogP) is 3.18. The molecule has 1 aliphatic heterocycles. The number of unbranched alkanes of at least 4 members (excludes halogenated alkanes) is 1. The lowest BCUT2D eigenvalue weighted by Crippen LogP contribution is -2.55. The largest absolute Gasteiger partial charge is 0.457 e. The van der Waals surface area contributed by atoms with Gasteiger partial charge in [0.15, 0.2) is 6.61 Å². The molecule has 0 N–H and O–H groups in total. The first-order chi connectivity index (χ1) is 12.1. The molecule has 1 saturated heterocycles. The van der Waals surface area contributed by atoms with Crippen LogP contribution in [-0.4, -0.2) is 60.9 Å². The normalized spacial score (nSPS) is 17.6. The van der Waals surface area contributed by atoms with E-state index in [1.54, 1.807) is 0 Å². The third kappa shape index (κ3) is 7.62. The van der Waals surface area contributed by atoms with E-state index in [2.05, 4.69) is 13.8 Å². The first kappa shape index (κ1) is 22.9. The van der Waals surface area contributed by atoms with Crippen molar-refractivity contribution in [2.45, 2.75) is 78.4 Å². The van der Waals surface area contributed by atoms with Gasteiger partial charge in [0, 0.05) is 13.1 Å². The van der Waals surface area contributed by atoms with Gasteiger partial charge in [-0.05, 0) is 40.0 Å². The van der Waals surface area contributed by atoms with Gasteiger partial charge in [0.2, 0.25) is 0 Å². The first-order valence-electron chi connectivity index (χ1n) is 9.80. The molecule has 0 amide bonds. The second kappa shape index (κ2) is 10.3. The van der Waals surface area contributed by atoms with Crippen LogP contribution in [0.15, 0.2) is 0 Å². The average molecular weight is 372 g/mol. The van der Waals surface area contributed by atoms with Crippen LogP contribution in [0.4, 0.5) is 0 Å². The lowest BCUT2D eigenvalue weighted by Gasteiger charge is -2.38. The van der Waals surface area contributed by atoms with Gasteiger partial charge in [-0.3, -0.25) is 9.69 Å². The molecule has 0 aromatic rings. The van der Waals surface area contributed by atoms with Crippen molar-refractivity contribution in [3.05, 3.63) is 0 Å². The molecule has 1 aliphatic rings. The molecule has 152 valence electrons. The Bertz CT molecular complexity index is 455. The van der Waals surface area contributed by atoms with E-state index in [0.29, 0.717) is 32.2 Å². The van der Waals surface area contributed by atoms with Gasteiger partial charge in [-0.1, -0.05) is 33.1 Å². The molecule has 1 fully saturated rings. The van der Waals surface area contributed by atoms with Crippen LogP contribution in [0.5, 0.6) is 0 Å². The molecule has 1 atom stereocenters. The number of carbonyl (C=O) groups is 2. The van der Waals surface area contributed by atoms with Gasteiger partial charge in [-0.15, -0.1) is 0 Å². The highest BCUT2D eigenvalue weighted by molar-refractivity contribution is 5.82. The van der Waals surface area contributed by atoms with Gasteiger partial charge in [-0.2, -0.15) is 0 Å². The molecule has 0 aliphatic carbocycles. The number of hydrogen-bond acceptors (Lipinski definition) is 6. The second-order valence-corrected chi connectivity index (χ2v) is 8.42. The van der Waals surface area contributed by atoms with Crippen LogP contribution in [0.3, 0.4) is 0 Å². The summed E-state index contributed by atoms with van der Waals surface area (Å²) in [7, 11) is 0. The van der Waals surface area contributed by atoms with Crippen molar-refractivity contribution in [3.8, 4) is 0 Å². The van der Waals surface area contributed by atoms with Crippen LogP contribution in [-0.2, 0) is 23.8 Å². The summed E-state index contributed by atoms with van der Waals surface area (Å²) in [5, 5.41) is 0. The van der Waals surface area contributed by atoms with Crippen LogP contribution in [0.1, 0.15) is 67.2 Å². The molecule has 0 radical (unpaired) electrons. The van der Waals surface area contributed by atoms with Crippen molar-refractivity contribution >= 4 is 11.9 Å². The number of nitrogens with zero attached hydrogens (tertiary/aromatic N) is 1. The first-order valence-corrected chi connectivity index (χ1v) is 9.80. The number of ether oxygens (including phenoxy) is 3. The van der Waals surface area contributed by atoms with E-state index in [1.807, 2.05) is 32.6 Å². The number of esters is 2. The summed E-state index contributed by atoms with van der Waals surface area (Å²) >= 11 is 0. The van der Waals surface area contributed by atoms with E-state index >= 15 is 0 Å². The maximum Gasteiger partial charge on any atom is 0.344 e. The lowest BCUT2D eigenvalue weighted by atomic mass is 9.91. The van der Waals surface area contributed by atoms with Crippen molar-refractivity contribution in [2.75, 3.05) is 32.9 Å². The third-order valence-corrected chi connectivity index (χ3v) is 4.90. The summed E-state index contributed by atoms with van der Waals surface area (Å²) in [6, 6.07) is 0. The van der Waals surface area contributed by atoms with Crippen LogP contribution in [0.2, 0.25) is 0 Å². The van der Waals surface area contributed by atoms with Crippen LogP contribution in [0.25, 0.3) is 0 Å². The molecule has 6 nitrogen and oxygen atoms in total. The molecule has 1 heterocycles. The van der Waals surface area contributed by atoms with E-state index in [9.17, 15) is 9.59 Å². The van der Waals surface area contributed by atoms with Gasteiger partial charge < -0.3 is 14.2 Å². The highest BCUT2D eigenvalue weighted by Crippen LogP contribution is 2.24. The fourth-order valence-corrected chi connectivity index (χ4v) is 3.43. The summed E-state index contributed by atoms with van der Waals surface area (Å²) in [5.74, 6) is -0.421. The third-order valence-electron chi connectivity index (χ3n) is 4.90. The highest BCUT2D eigenvalue weighted by Gasteiger charge is 2.37. The zero-order valence-corrected chi connectivity index (χ0v) is 17.4. The Morgan fingerprint density at radius 3 is 2.35 bits per heavy atom. The highest BCUT2D eigenvalue weighted by atomic mass is 16.6. The van der Waals surface area contributed by atoms with Crippen molar-refractivity contribution in [3.63, 3.8) is 0 Å². The minimum Gasteiger partial charge on any atom is -0.457 e. The second-order valence-electron chi connectivity index (χ2n) is 8.42. The number of carbonyl (C=O) groups excluding carboxylic acids is 2. The standard InChI is InChI=1S/C20H37NO5/c1-7-8-9-16(2)14-19(3,4)26-17(22)15-25-18(23)20(5,6)21-10-12-24-13-11-21/h16H,7-15H2,1-6H3/t16-/m0/s1. The minimum atomic E-state index is -0.783. The Kier molecular flexibility index (Phi) is 9.04. The quantitative estimate of drug-likeness (QED) is 0.550. The van der Waals surface area contributed by atoms with Gasteiger partial charge in [-0.25, -0.2) is 4.79 Å². The van der Waals surface area contributed by atoms with Crippen LogP contribution >= 0.6 is 0 Å². The Morgan fingerprint density at radius 1 is 1.15 bits per heavy atom. The number of morpholine rings is 1. The molecule has 0 spiro atoms. The molecular formula is C20H37NO5. The molecular weight excluding hydrogens is 334 g/mol. The van der Waals surface area contributed by atoms with E-state index < -0.39 is 23.1 Å². The lowest BCUT2D eigenvalue weighted by molar-refractivity contribution is -0.174. The maximum absolute atomic E-state index is 12.4. The Morgan fingerprint density at radius 2 is 1.77 bits per heavy atom. The zero-order valence-electron chi connectivity index (χ0n) is 17.4.